The van der Waals surface area contributed by atoms with Gasteiger partial charge in [-0.2, -0.15) is 0 Å². The van der Waals surface area contributed by atoms with Crippen LogP contribution in [0.3, 0.4) is 0 Å². The first-order valence-corrected chi connectivity index (χ1v) is 11.4. The van der Waals surface area contributed by atoms with Gasteiger partial charge in [0.2, 0.25) is 0 Å². The molecule has 1 atom stereocenters. The van der Waals surface area contributed by atoms with Gasteiger partial charge in [0.05, 0.1) is 7.11 Å². The summed E-state index contributed by atoms with van der Waals surface area (Å²) in [5.74, 6) is 0.267. The average Bonchev–Trinajstić information content (AvgIpc) is 3.24. The van der Waals surface area contributed by atoms with E-state index in [4.69, 9.17) is 9.47 Å². The van der Waals surface area contributed by atoms with Crippen LogP contribution < -0.4 is 14.8 Å². The number of para-hydroxylation sites is 1. The number of carboxylic acid groups (broad SMARTS) is 1. The predicted molar refractivity (Wildman–Crippen MR) is 132 cm³/mol. The molecule has 1 aromatic heterocycles. The number of halogens is 1. The molecule has 0 aliphatic heterocycles. The van der Waals surface area contributed by atoms with Gasteiger partial charge in [0, 0.05) is 40.1 Å². The molecule has 1 unspecified atom stereocenters. The maximum Gasteiger partial charge on any atom is 0.321 e. The van der Waals surface area contributed by atoms with Crippen LogP contribution in [0.25, 0.3) is 10.9 Å². The second-order valence-corrected chi connectivity index (χ2v) is 8.62. The van der Waals surface area contributed by atoms with Gasteiger partial charge in [0.15, 0.2) is 11.5 Å². The van der Waals surface area contributed by atoms with Crippen LogP contribution in [0.1, 0.15) is 16.7 Å². The van der Waals surface area contributed by atoms with Crippen molar-refractivity contribution in [1.29, 1.82) is 0 Å². The number of H-pyrrole nitrogens is 1. The zero-order valence-electron chi connectivity index (χ0n) is 18.2. The monoisotopic (exact) mass is 508 g/mol. The maximum atomic E-state index is 12.0. The highest BCUT2D eigenvalue weighted by Gasteiger charge is 2.21. The second-order valence-electron chi connectivity index (χ2n) is 7.71. The van der Waals surface area contributed by atoms with E-state index in [0.717, 1.165) is 32.1 Å². The fourth-order valence-electron chi connectivity index (χ4n) is 3.80. The lowest BCUT2D eigenvalue weighted by atomic mass is 10.0. The lowest BCUT2D eigenvalue weighted by molar-refractivity contribution is -0.139. The van der Waals surface area contributed by atoms with Gasteiger partial charge in [-0.15, -0.1) is 0 Å². The molecule has 0 fully saturated rings. The molecule has 7 heteroatoms. The van der Waals surface area contributed by atoms with Gasteiger partial charge in [0.25, 0.3) is 0 Å². The minimum Gasteiger partial charge on any atom is -0.493 e. The third kappa shape index (κ3) is 5.56. The highest BCUT2D eigenvalue weighted by Crippen LogP contribution is 2.35. The standard InChI is InChI=1S/C26H25BrN2O4/c1-32-24-13-20(27)11-19(25(24)33-16-17-7-3-2-4-8-17)15-29-23(26(30)31)12-18-14-28-22-10-6-5-9-21(18)22/h2-11,13-14,23,28-29H,12,15-16H2,1H3,(H,30,31). The first-order chi connectivity index (χ1) is 16.0. The van der Waals surface area contributed by atoms with Crippen molar-refractivity contribution in [3.63, 3.8) is 0 Å². The van der Waals surface area contributed by atoms with Gasteiger partial charge in [-0.3, -0.25) is 10.1 Å². The number of benzene rings is 3. The Labute approximate surface area is 200 Å². The number of nitrogens with one attached hydrogen (secondary N) is 2. The molecule has 0 aliphatic rings. The lowest BCUT2D eigenvalue weighted by Gasteiger charge is -2.19. The second kappa shape index (κ2) is 10.6. The number of methoxy groups -OCH3 is 1. The van der Waals surface area contributed by atoms with Crippen molar-refractivity contribution < 1.29 is 19.4 Å². The SMILES string of the molecule is COc1cc(Br)cc(CNC(Cc2c[nH]c3ccccc23)C(=O)O)c1OCc1ccccc1. The summed E-state index contributed by atoms with van der Waals surface area (Å²) in [7, 11) is 1.59. The van der Waals surface area contributed by atoms with E-state index >= 15 is 0 Å². The Morgan fingerprint density at radius 1 is 1.09 bits per heavy atom. The number of carboxylic acids is 1. The number of aliphatic carboxylic acids is 1. The number of aromatic nitrogens is 1. The molecule has 0 radical (unpaired) electrons. The highest BCUT2D eigenvalue weighted by molar-refractivity contribution is 9.10. The van der Waals surface area contributed by atoms with Crippen LogP contribution in [-0.2, 0) is 24.4 Å². The van der Waals surface area contributed by atoms with Crippen LogP contribution in [0.4, 0.5) is 0 Å². The molecule has 1 heterocycles. The molecule has 170 valence electrons. The van der Waals surface area contributed by atoms with E-state index in [9.17, 15) is 9.90 Å². The molecule has 0 spiro atoms. The summed E-state index contributed by atoms with van der Waals surface area (Å²) in [6.07, 6.45) is 2.23. The van der Waals surface area contributed by atoms with Gasteiger partial charge >= 0.3 is 5.97 Å². The van der Waals surface area contributed by atoms with Crippen LogP contribution in [0.5, 0.6) is 11.5 Å². The normalized spacial score (nSPS) is 11.9. The molecule has 33 heavy (non-hydrogen) atoms. The third-order valence-corrected chi connectivity index (χ3v) is 5.94. The van der Waals surface area contributed by atoms with Crippen molar-refractivity contribution in [2.24, 2.45) is 0 Å². The maximum absolute atomic E-state index is 12.0. The molecular formula is C26H25BrN2O4. The van der Waals surface area contributed by atoms with Crippen molar-refractivity contribution in [2.45, 2.75) is 25.6 Å². The number of fused-ring (bicyclic) bond motifs is 1. The van der Waals surface area contributed by atoms with Gasteiger partial charge in [0.1, 0.15) is 12.6 Å². The zero-order chi connectivity index (χ0) is 23.2. The summed E-state index contributed by atoms with van der Waals surface area (Å²) in [5.41, 5.74) is 3.79. The number of hydrogen-bond donors (Lipinski definition) is 3. The Morgan fingerprint density at radius 2 is 1.85 bits per heavy atom. The molecule has 4 rings (SSSR count). The van der Waals surface area contributed by atoms with Crippen molar-refractivity contribution in [3.05, 3.63) is 94.1 Å². The molecular weight excluding hydrogens is 484 g/mol. The van der Waals surface area contributed by atoms with E-state index in [-0.39, 0.29) is 0 Å². The molecule has 3 N–H and O–H groups in total. The number of aromatic amines is 1. The first-order valence-electron chi connectivity index (χ1n) is 10.6. The van der Waals surface area contributed by atoms with Crippen LogP contribution in [0, 0.1) is 0 Å². The van der Waals surface area contributed by atoms with E-state index < -0.39 is 12.0 Å². The number of carbonyl (C=O) groups is 1. The molecule has 4 aromatic rings. The van der Waals surface area contributed by atoms with Crippen molar-refractivity contribution in [1.82, 2.24) is 10.3 Å². The van der Waals surface area contributed by atoms with Gasteiger partial charge in [-0.25, -0.2) is 0 Å². The first kappa shape index (κ1) is 22.9. The fourth-order valence-corrected chi connectivity index (χ4v) is 4.28. The fraction of sp³-hybridized carbons (Fsp3) is 0.192. The third-order valence-electron chi connectivity index (χ3n) is 5.48. The quantitative estimate of drug-likeness (QED) is 0.270. The van der Waals surface area contributed by atoms with Crippen LogP contribution >= 0.6 is 15.9 Å². The summed E-state index contributed by atoms with van der Waals surface area (Å²) in [6, 6.07) is 20.7. The minimum absolute atomic E-state index is 0.305. The Kier molecular flexibility index (Phi) is 7.32. The summed E-state index contributed by atoms with van der Waals surface area (Å²) >= 11 is 3.51. The largest absolute Gasteiger partial charge is 0.493 e. The minimum atomic E-state index is -0.908. The van der Waals surface area contributed by atoms with E-state index in [1.165, 1.54) is 0 Å². The Hall–Kier alpha value is -3.29. The summed E-state index contributed by atoms with van der Waals surface area (Å²) in [4.78, 5) is 15.2. The number of ether oxygens (including phenoxy) is 2. The van der Waals surface area contributed by atoms with Crippen LogP contribution in [-0.4, -0.2) is 29.2 Å². The van der Waals surface area contributed by atoms with Crippen molar-refractivity contribution in [2.75, 3.05) is 7.11 Å². The molecule has 0 saturated carbocycles. The summed E-state index contributed by atoms with van der Waals surface area (Å²) in [6.45, 7) is 0.683. The van der Waals surface area contributed by atoms with Gasteiger partial charge < -0.3 is 19.6 Å². The van der Waals surface area contributed by atoms with E-state index in [1.54, 1.807) is 7.11 Å². The Balaban J connectivity index is 1.53. The lowest BCUT2D eigenvalue weighted by Crippen LogP contribution is -2.38. The highest BCUT2D eigenvalue weighted by atomic mass is 79.9. The Bertz CT molecular complexity index is 1240. The van der Waals surface area contributed by atoms with Crippen LogP contribution in [0.15, 0.2) is 77.4 Å². The van der Waals surface area contributed by atoms with E-state index in [0.29, 0.717) is 31.1 Å². The van der Waals surface area contributed by atoms with Crippen molar-refractivity contribution in [3.8, 4) is 11.5 Å². The van der Waals surface area contributed by atoms with E-state index in [2.05, 4.69) is 26.2 Å². The predicted octanol–water partition coefficient (Wildman–Crippen LogP) is 5.30. The molecule has 6 nitrogen and oxygen atoms in total. The average molecular weight is 509 g/mol. The molecule has 0 aliphatic carbocycles. The zero-order valence-corrected chi connectivity index (χ0v) is 19.8. The smallest absolute Gasteiger partial charge is 0.321 e. The number of rotatable bonds is 10. The molecule has 0 bridgehead atoms. The van der Waals surface area contributed by atoms with Crippen LogP contribution in [0.2, 0.25) is 0 Å². The summed E-state index contributed by atoms with van der Waals surface area (Å²) < 4.78 is 12.5. The van der Waals surface area contributed by atoms with Crippen molar-refractivity contribution >= 4 is 32.8 Å². The summed E-state index contributed by atoms with van der Waals surface area (Å²) in [5, 5.41) is 14.1. The molecule has 0 saturated heterocycles. The molecule has 0 amide bonds. The van der Waals surface area contributed by atoms with E-state index in [1.807, 2.05) is 72.9 Å². The Morgan fingerprint density at radius 3 is 2.61 bits per heavy atom. The topological polar surface area (TPSA) is 83.6 Å². The van der Waals surface area contributed by atoms with Gasteiger partial charge in [-0.05, 0) is 29.3 Å². The molecule has 3 aromatic carbocycles. The number of hydrogen-bond acceptors (Lipinski definition) is 4. The van der Waals surface area contributed by atoms with Gasteiger partial charge in [-0.1, -0.05) is 64.5 Å².